The van der Waals surface area contributed by atoms with Gasteiger partial charge in [-0.15, -0.1) is 6.58 Å². The van der Waals surface area contributed by atoms with Gasteiger partial charge in [-0.25, -0.2) is 0 Å². The Morgan fingerprint density at radius 2 is 2.29 bits per heavy atom. The van der Waals surface area contributed by atoms with Crippen molar-refractivity contribution in [3.05, 3.63) is 12.7 Å². The molecule has 0 aromatic carbocycles. The van der Waals surface area contributed by atoms with Crippen LogP contribution in [-0.4, -0.2) is 3.92 Å². The fourth-order valence-electron chi connectivity index (χ4n) is 0.751. The molecule has 1 fully saturated rings. The van der Waals surface area contributed by atoms with Gasteiger partial charge in [-0.2, -0.15) is 0 Å². The molecule has 0 nitrogen and oxygen atoms in total. The van der Waals surface area contributed by atoms with E-state index in [0.29, 0.717) is 0 Å². The Hall–Kier alpha value is 0.470. The van der Waals surface area contributed by atoms with E-state index in [1.54, 1.807) is 0 Å². The Bertz CT molecular complexity index is 78.2. The van der Waals surface area contributed by atoms with Crippen LogP contribution in [0.3, 0.4) is 0 Å². The zero-order valence-corrected chi connectivity index (χ0v) is 6.39. The Morgan fingerprint density at radius 1 is 1.57 bits per heavy atom. The summed E-state index contributed by atoms with van der Waals surface area (Å²) in [7, 11) is 0. The van der Waals surface area contributed by atoms with Crippen LogP contribution in [0.2, 0.25) is 0 Å². The first-order valence-electron chi connectivity index (χ1n) is 2.61. The predicted molar refractivity (Wildman–Crippen MR) is 40.7 cm³/mol. The highest BCUT2D eigenvalue weighted by Crippen LogP contribution is 2.34. The van der Waals surface area contributed by atoms with Gasteiger partial charge in [0.1, 0.15) is 0 Å². The number of halogens is 1. The standard InChI is InChI=1S/C6H9I/c1-2-5-3-4-6(5)7/h2,5-6H,1,3-4H2/t5?,6-/m1/s1. The molecule has 0 spiro atoms. The van der Waals surface area contributed by atoms with Crippen LogP contribution in [0.5, 0.6) is 0 Å². The Kier molecular flexibility index (Phi) is 1.73. The minimum Gasteiger partial charge on any atom is -0.103 e. The fraction of sp³-hybridized carbons (Fsp3) is 0.667. The van der Waals surface area contributed by atoms with Crippen LogP contribution in [-0.2, 0) is 0 Å². The van der Waals surface area contributed by atoms with Gasteiger partial charge in [0.2, 0.25) is 0 Å². The van der Waals surface area contributed by atoms with Crippen molar-refractivity contribution in [1.82, 2.24) is 0 Å². The van der Waals surface area contributed by atoms with Crippen LogP contribution in [0.4, 0.5) is 0 Å². The molecule has 1 rings (SSSR count). The molecule has 1 unspecified atom stereocenters. The molecule has 0 N–H and O–H groups in total. The fourth-order valence-corrected chi connectivity index (χ4v) is 1.76. The third-order valence-electron chi connectivity index (χ3n) is 1.54. The normalized spacial score (nSPS) is 39.6. The van der Waals surface area contributed by atoms with Gasteiger partial charge in [-0.05, 0) is 18.8 Å². The quantitative estimate of drug-likeness (QED) is 0.352. The molecule has 0 aliphatic heterocycles. The van der Waals surface area contributed by atoms with Crippen molar-refractivity contribution in [2.45, 2.75) is 16.8 Å². The second-order valence-corrected chi connectivity index (χ2v) is 3.59. The summed E-state index contributed by atoms with van der Waals surface area (Å²) in [5.74, 6) is 0.834. The van der Waals surface area contributed by atoms with Crippen molar-refractivity contribution in [2.75, 3.05) is 0 Å². The van der Waals surface area contributed by atoms with E-state index < -0.39 is 0 Å². The first-order chi connectivity index (χ1) is 3.34. The van der Waals surface area contributed by atoms with Gasteiger partial charge < -0.3 is 0 Å². The third-order valence-corrected chi connectivity index (χ3v) is 3.09. The van der Waals surface area contributed by atoms with E-state index in [9.17, 15) is 0 Å². The minimum absolute atomic E-state index is 0.834. The molecule has 1 aliphatic carbocycles. The number of rotatable bonds is 1. The molecule has 40 valence electrons. The summed E-state index contributed by atoms with van der Waals surface area (Å²) in [5, 5.41) is 0. The number of hydrogen-bond acceptors (Lipinski definition) is 0. The van der Waals surface area contributed by atoms with Crippen LogP contribution in [0.15, 0.2) is 12.7 Å². The van der Waals surface area contributed by atoms with Crippen molar-refractivity contribution in [2.24, 2.45) is 5.92 Å². The lowest BCUT2D eigenvalue weighted by Gasteiger charge is -2.28. The number of hydrogen-bond donors (Lipinski definition) is 0. The topological polar surface area (TPSA) is 0 Å². The highest BCUT2D eigenvalue weighted by molar-refractivity contribution is 14.1. The van der Waals surface area contributed by atoms with E-state index in [-0.39, 0.29) is 0 Å². The maximum atomic E-state index is 3.73. The Labute approximate surface area is 58.1 Å². The number of allylic oxidation sites excluding steroid dienone is 1. The van der Waals surface area contributed by atoms with Gasteiger partial charge in [0.15, 0.2) is 0 Å². The maximum Gasteiger partial charge on any atom is 0.0172 e. The van der Waals surface area contributed by atoms with Crippen LogP contribution < -0.4 is 0 Å². The molecule has 2 atom stereocenters. The first-order valence-corrected chi connectivity index (χ1v) is 3.86. The molecule has 0 bridgehead atoms. The van der Waals surface area contributed by atoms with E-state index in [0.717, 1.165) is 9.84 Å². The highest BCUT2D eigenvalue weighted by Gasteiger charge is 2.24. The summed E-state index contributed by atoms with van der Waals surface area (Å²) < 4.78 is 0.898. The lowest BCUT2D eigenvalue weighted by molar-refractivity contribution is 0.422. The molecule has 7 heavy (non-hydrogen) atoms. The van der Waals surface area contributed by atoms with Gasteiger partial charge in [-0.3, -0.25) is 0 Å². The third kappa shape index (κ3) is 0.983. The van der Waals surface area contributed by atoms with E-state index >= 15 is 0 Å². The van der Waals surface area contributed by atoms with Crippen LogP contribution >= 0.6 is 22.6 Å². The zero-order valence-electron chi connectivity index (χ0n) is 4.23. The van der Waals surface area contributed by atoms with Gasteiger partial charge in [0.05, 0.1) is 0 Å². The van der Waals surface area contributed by atoms with E-state index in [2.05, 4.69) is 35.2 Å². The van der Waals surface area contributed by atoms with Crippen LogP contribution in [0.25, 0.3) is 0 Å². The van der Waals surface area contributed by atoms with Gasteiger partial charge in [-0.1, -0.05) is 28.7 Å². The summed E-state index contributed by atoms with van der Waals surface area (Å²) >= 11 is 2.48. The first kappa shape index (κ1) is 5.60. The summed E-state index contributed by atoms with van der Waals surface area (Å²) in [5.41, 5.74) is 0. The van der Waals surface area contributed by atoms with Gasteiger partial charge >= 0.3 is 0 Å². The van der Waals surface area contributed by atoms with Crippen LogP contribution in [0.1, 0.15) is 12.8 Å². The summed E-state index contributed by atoms with van der Waals surface area (Å²) in [6, 6.07) is 0. The van der Waals surface area contributed by atoms with Crippen molar-refractivity contribution in [3.8, 4) is 0 Å². The molecular weight excluding hydrogens is 199 g/mol. The maximum absolute atomic E-state index is 3.73. The SMILES string of the molecule is C=CC1CC[C@H]1I. The van der Waals surface area contributed by atoms with E-state index in [1.165, 1.54) is 12.8 Å². The monoisotopic (exact) mass is 208 g/mol. The summed E-state index contributed by atoms with van der Waals surface area (Å²) in [4.78, 5) is 0. The molecule has 0 heterocycles. The van der Waals surface area contributed by atoms with E-state index in [4.69, 9.17) is 0 Å². The largest absolute Gasteiger partial charge is 0.103 e. The zero-order chi connectivity index (χ0) is 5.28. The molecule has 1 aliphatic rings. The molecule has 0 aromatic heterocycles. The second-order valence-electron chi connectivity index (χ2n) is 1.99. The van der Waals surface area contributed by atoms with Gasteiger partial charge in [0, 0.05) is 3.92 Å². The summed E-state index contributed by atoms with van der Waals surface area (Å²) in [6.07, 6.45) is 4.84. The smallest absolute Gasteiger partial charge is 0.0172 e. The molecule has 0 saturated heterocycles. The van der Waals surface area contributed by atoms with E-state index in [1.807, 2.05) is 0 Å². The molecule has 0 aromatic rings. The molecule has 0 amide bonds. The summed E-state index contributed by atoms with van der Waals surface area (Å²) in [6.45, 7) is 3.73. The molecule has 1 heteroatoms. The van der Waals surface area contributed by atoms with Gasteiger partial charge in [0.25, 0.3) is 0 Å². The average Bonchev–Trinajstić information content (AvgIpc) is 1.65. The second kappa shape index (κ2) is 2.16. The highest BCUT2D eigenvalue weighted by atomic mass is 127. The Morgan fingerprint density at radius 3 is 2.29 bits per heavy atom. The Balaban J connectivity index is 2.28. The lowest BCUT2D eigenvalue weighted by Crippen LogP contribution is -2.22. The van der Waals surface area contributed by atoms with Crippen molar-refractivity contribution < 1.29 is 0 Å². The molecule has 0 radical (unpaired) electrons. The average molecular weight is 208 g/mol. The van der Waals surface area contributed by atoms with Crippen molar-refractivity contribution in [1.29, 1.82) is 0 Å². The van der Waals surface area contributed by atoms with Crippen LogP contribution in [0, 0.1) is 5.92 Å². The van der Waals surface area contributed by atoms with Crippen molar-refractivity contribution >= 4 is 22.6 Å². The van der Waals surface area contributed by atoms with Crippen molar-refractivity contribution in [3.63, 3.8) is 0 Å². The minimum atomic E-state index is 0.834. The molecular formula is C6H9I. The number of alkyl halides is 1. The predicted octanol–water partition coefficient (Wildman–Crippen LogP) is 2.39. The lowest BCUT2D eigenvalue weighted by atomic mass is 9.86. The molecule has 1 saturated carbocycles.